The molecular weight excluding hydrogens is 280 g/mol. The summed E-state index contributed by atoms with van der Waals surface area (Å²) in [5.74, 6) is -1.35. The Balaban J connectivity index is 2.16. The summed E-state index contributed by atoms with van der Waals surface area (Å²) < 4.78 is 26.2. The fourth-order valence-corrected chi connectivity index (χ4v) is 2.80. The minimum absolute atomic E-state index is 0.0788. The second-order valence-electron chi connectivity index (χ2n) is 4.11. The summed E-state index contributed by atoms with van der Waals surface area (Å²) in [6.45, 7) is 0. The van der Waals surface area contributed by atoms with Crippen LogP contribution in [0.25, 0.3) is 0 Å². The molecule has 20 heavy (non-hydrogen) atoms. The van der Waals surface area contributed by atoms with Crippen molar-refractivity contribution in [2.75, 3.05) is 4.72 Å². The standard InChI is InChI=1S/C13H12N2O4S/c16-13(17)11-6-12(8-14-7-11)15-20(18,19)9-10-4-2-1-3-5-10/h1-8,15H,9H2,(H,16,17). The third-order valence-electron chi connectivity index (χ3n) is 2.46. The number of carboxylic acid groups (broad SMARTS) is 1. The number of carbonyl (C=O) groups is 1. The lowest BCUT2D eigenvalue weighted by atomic mass is 10.2. The van der Waals surface area contributed by atoms with Crippen LogP contribution in [0.5, 0.6) is 0 Å². The molecule has 0 aliphatic heterocycles. The van der Waals surface area contributed by atoms with E-state index >= 15 is 0 Å². The minimum Gasteiger partial charge on any atom is -0.478 e. The average Bonchev–Trinajstić information content (AvgIpc) is 2.39. The molecule has 2 aromatic rings. The zero-order valence-corrected chi connectivity index (χ0v) is 11.2. The molecule has 0 aliphatic rings. The molecule has 7 heteroatoms. The minimum atomic E-state index is -3.61. The van der Waals surface area contributed by atoms with Crippen LogP contribution in [0.3, 0.4) is 0 Å². The highest BCUT2D eigenvalue weighted by Crippen LogP contribution is 2.13. The van der Waals surface area contributed by atoms with Crippen LogP contribution in [0.2, 0.25) is 0 Å². The third kappa shape index (κ3) is 3.79. The Morgan fingerprint density at radius 1 is 1.20 bits per heavy atom. The first-order valence-electron chi connectivity index (χ1n) is 5.69. The molecule has 104 valence electrons. The number of hydrogen-bond acceptors (Lipinski definition) is 4. The number of aromatic carboxylic acids is 1. The summed E-state index contributed by atoms with van der Waals surface area (Å²) in [5, 5.41) is 8.83. The Kier molecular flexibility index (Phi) is 3.99. The van der Waals surface area contributed by atoms with Gasteiger partial charge in [-0.2, -0.15) is 0 Å². The molecule has 0 fully saturated rings. The van der Waals surface area contributed by atoms with Gasteiger partial charge in [0.1, 0.15) is 0 Å². The molecule has 0 amide bonds. The van der Waals surface area contributed by atoms with Crippen LogP contribution in [-0.4, -0.2) is 24.5 Å². The van der Waals surface area contributed by atoms with E-state index in [1.165, 1.54) is 12.3 Å². The second-order valence-corrected chi connectivity index (χ2v) is 5.84. The fraction of sp³-hybridized carbons (Fsp3) is 0.0769. The number of benzene rings is 1. The molecule has 0 atom stereocenters. The van der Waals surface area contributed by atoms with Gasteiger partial charge in [0.2, 0.25) is 10.0 Å². The van der Waals surface area contributed by atoms with Gasteiger partial charge in [0.05, 0.1) is 23.2 Å². The van der Waals surface area contributed by atoms with Crippen molar-refractivity contribution in [1.29, 1.82) is 0 Å². The quantitative estimate of drug-likeness (QED) is 0.874. The molecule has 1 heterocycles. The summed E-state index contributed by atoms with van der Waals surface area (Å²) in [4.78, 5) is 14.5. The first kappa shape index (κ1) is 14.0. The van der Waals surface area contributed by atoms with Crippen molar-refractivity contribution in [3.63, 3.8) is 0 Å². The number of hydrogen-bond donors (Lipinski definition) is 2. The van der Waals surface area contributed by atoms with Crippen LogP contribution in [0, 0.1) is 0 Å². The van der Waals surface area contributed by atoms with Gasteiger partial charge in [-0.3, -0.25) is 9.71 Å². The van der Waals surface area contributed by atoms with Gasteiger partial charge >= 0.3 is 5.97 Å². The predicted octanol–water partition coefficient (Wildman–Crippen LogP) is 1.72. The highest BCUT2D eigenvalue weighted by atomic mass is 32.2. The van der Waals surface area contributed by atoms with Gasteiger partial charge in [-0.25, -0.2) is 13.2 Å². The van der Waals surface area contributed by atoms with Crippen LogP contribution in [0.15, 0.2) is 48.8 Å². The van der Waals surface area contributed by atoms with Crippen LogP contribution in [0.1, 0.15) is 15.9 Å². The Morgan fingerprint density at radius 2 is 1.90 bits per heavy atom. The Bertz CT molecular complexity index is 714. The van der Waals surface area contributed by atoms with E-state index in [1.54, 1.807) is 30.3 Å². The van der Waals surface area contributed by atoms with E-state index in [2.05, 4.69) is 9.71 Å². The van der Waals surface area contributed by atoms with Gasteiger partial charge in [0.25, 0.3) is 0 Å². The molecule has 0 aliphatic carbocycles. The monoisotopic (exact) mass is 292 g/mol. The second kappa shape index (κ2) is 5.70. The molecule has 1 aromatic heterocycles. The Labute approximate surface area is 116 Å². The van der Waals surface area contributed by atoms with Crippen molar-refractivity contribution in [1.82, 2.24) is 4.98 Å². The highest BCUT2D eigenvalue weighted by molar-refractivity contribution is 7.91. The zero-order valence-electron chi connectivity index (χ0n) is 10.4. The number of aromatic nitrogens is 1. The summed E-state index contributed by atoms with van der Waals surface area (Å²) >= 11 is 0. The van der Waals surface area contributed by atoms with Crippen molar-refractivity contribution < 1.29 is 18.3 Å². The molecule has 6 nitrogen and oxygen atoms in total. The van der Waals surface area contributed by atoms with E-state index in [0.717, 1.165) is 6.20 Å². The van der Waals surface area contributed by atoms with E-state index in [0.29, 0.717) is 5.56 Å². The number of nitrogens with one attached hydrogen (secondary N) is 1. The molecule has 1 aromatic carbocycles. The van der Waals surface area contributed by atoms with Crippen molar-refractivity contribution in [3.05, 3.63) is 59.9 Å². The van der Waals surface area contributed by atoms with Crippen molar-refractivity contribution >= 4 is 21.7 Å². The number of pyridine rings is 1. The molecule has 2 rings (SSSR count). The summed E-state index contributed by atoms with van der Waals surface area (Å²) in [6, 6.07) is 9.91. The van der Waals surface area contributed by atoms with Crippen LogP contribution in [-0.2, 0) is 15.8 Å². The molecule has 0 unspecified atom stereocenters. The highest BCUT2D eigenvalue weighted by Gasteiger charge is 2.13. The Morgan fingerprint density at radius 3 is 2.55 bits per heavy atom. The van der Waals surface area contributed by atoms with E-state index < -0.39 is 16.0 Å². The molecule has 0 bridgehead atoms. The van der Waals surface area contributed by atoms with Crippen LogP contribution in [0.4, 0.5) is 5.69 Å². The molecule has 0 spiro atoms. The van der Waals surface area contributed by atoms with Crippen molar-refractivity contribution in [3.8, 4) is 0 Å². The lowest BCUT2D eigenvalue weighted by Gasteiger charge is -2.08. The summed E-state index contributed by atoms with van der Waals surface area (Å²) in [6.07, 6.45) is 2.41. The smallest absolute Gasteiger partial charge is 0.337 e. The van der Waals surface area contributed by atoms with Crippen molar-refractivity contribution in [2.45, 2.75) is 5.75 Å². The summed E-state index contributed by atoms with van der Waals surface area (Å²) in [7, 11) is -3.61. The normalized spacial score (nSPS) is 11.0. The molecule has 0 radical (unpaired) electrons. The predicted molar refractivity (Wildman–Crippen MR) is 73.9 cm³/mol. The van der Waals surface area contributed by atoms with E-state index in [1.807, 2.05) is 0 Å². The first-order valence-corrected chi connectivity index (χ1v) is 7.34. The largest absolute Gasteiger partial charge is 0.478 e. The molecule has 2 N–H and O–H groups in total. The van der Waals surface area contributed by atoms with E-state index in [4.69, 9.17) is 5.11 Å². The molecule has 0 saturated heterocycles. The average molecular weight is 292 g/mol. The van der Waals surface area contributed by atoms with E-state index in [-0.39, 0.29) is 17.0 Å². The molecule has 0 saturated carbocycles. The topological polar surface area (TPSA) is 96.4 Å². The zero-order chi connectivity index (χ0) is 14.6. The van der Waals surface area contributed by atoms with Crippen molar-refractivity contribution in [2.24, 2.45) is 0 Å². The SMILES string of the molecule is O=C(O)c1cncc(NS(=O)(=O)Cc2ccccc2)c1. The van der Waals surface area contributed by atoms with Crippen LogP contribution >= 0.6 is 0 Å². The van der Waals surface area contributed by atoms with Gasteiger partial charge in [-0.15, -0.1) is 0 Å². The third-order valence-corrected chi connectivity index (χ3v) is 3.72. The number of nitrogens with zero attached hydrogens (tertiary/aromatic N) is 1. The van der Waals surface area contributed by atoms with Gasteiger partial charge < -0.3 is 5.11 Å². The maximum Gasteiger partial charge on any atom is 0.337 e. The van der Waals surface area contributed by atoms with Gasteiger partial charge in [0.15, 0.2) is 0 Å². The number of carboxylic acids is 1. The van der Waals surface area contributed by atoms with Gasteiger partial charge in [0, 0.05) is 6.20 Å². The van der Waals surface area contributed by atoms with E-state index in [9.17, 15) is 13.2 Å². The first-order chi connectivity index (χ1) is 9.46. The van der Waals surface area contributed by atoms with Crippen LogP contribution < -0.4 is 4.72 Å². The number of anilines is 1. The van der Waals surface area contributed by atoms with Gasteiger partial charge in [-0.05, 0) is 11.6 Å². The lowest BCUT2D eigenvalue weighted by molar-refractivity contribution is 0.0696. The molecular formula is C13H12N2O4S. The number of sulfonamides is 1. The number of rotatable bonds is 5. The maximum atomic E-state index is 12.0. The Hall–Kier alpha value is -2.41. The lowest BCUT2D eigenvalue weighted by Crippen LogP contribution is -2.15. The summed E-state index contributed by atoms with van der Waals surface area (Å²) in [5.41, 5.74) is 0.688. The fourth-order valence-electron chi connectivity index (χ4n) is 1.62. The van der Waals surface area contributed by atoms with Gasteiger partial charge in [-0.1, -0.05) is 30.3 Å². The maximum absolute atomic E-state index is 12.0.